The van der Waals surface area contributed by atoms with Gasteiger partial charge in [0.2, 0.25) is 0 Å². The molecule has 0 amide bonds. The van der Waals surface area contributed by atoms with Crippen LogP contribution in [-0.2, 0) is 28.6 Å². The number of unbranched alkanes of at least 4 members (excludes halogenated alkanes) is 42. The van der Waals surface area contributed by atoms with E-state index in [-0.39, 0.29) is 31.1 Å². The van der Waals surface area contributed by atoms with Crippen LogP contribution in [0, 0.1) is 0 Å². The van der Waals surface area contributed by atoms with Crippen molar-refractivity contribution in [3.63, 3.8) is 0 Å². The van der Waals surface area contributed by atoms with Crippen LogP contribution in [0.5, 0.6) is 0 Å². The molecule has 0 aromatic rings. The van der Waals surface area contributed by atoms with E-state index in [1.165, 1.54) is 231 Å². The lowest BCUT2D eigenvalue weighted by Gasteiger charge is -2.18. The van der Waals surface area contributed by atoms with E-state index in [0.29, 0.717) is 19.3 Å². The highest BCUT2D eigenvalue weighted by molar-refractivity contribution is 5.71. The van der Waals surface area contributed by atoms with Crippen LogP contribution in [-0.4, -0.2) is 37.2 Å². The van der Waals surface area contributed by atoms with Crippen molar-refractivity contribution in [2.24, 2.45) is 0 Å². The lowest BCUT2D eigenvalue weighted by Crippen LogP contribution is -2.30. The maximum Gasteiger partial charge on any atom is 0.306 e. The summed E-state index contributed by atoms with van der Waals surface area (Å²) in [6, 6.07) is 0. The zero-order chi connectivity index (χ0) is 45.8. The van der Waals surface area contributed by atoms with E-state index < -0.39 is 6.10 Å². The lowest BCUT2D eigenvalue weighted by molar-refractivity contribution is -0.167. The SMILES string of the molecule is CCCCCCCCCCCCCCCCCCCC(=O)OC[C@@H](COC(=O)CCCCCCCCCCCCCCCCC)OC(=O)CCCCCCCCCCCCCCC. The van der Waals surface area contributed by atoms with Crippen LogP contribution in [0.1, 0.15) is 329 Å². The Balaban J connectivity index is 4.27. The Morgan fingerprint density at radius 3 is 0.635 bits per heavy atom. The normalized spacial score (nSPS) is 11.9. The van der Waals surface area contributed by atoms with Crippen LogP contribution in [0.15, 0.2) is 0 Å². The Morgan fingerprint density at radius 1 is 0.254 bits per heavy atom. The number of rotatable bonds is 53. The molecule has 0 bridgehead atoms. The molecule has 0 heterocycles. The molecule has 63 heavy (non-hydrogen) atoms. The number of hydrogen-bond acceptors (Lipinski definition) is 6. The van der Waals surface area contributed by atoms with Crippen molar-refractivity contribution in [1.82, 2.24) is 0 Å². The molecule has 1 atom stereocenters. The molecule has 0 rings (SSSR count). The van der Waals surface area contributed by atoms with Gasteiger partial charge >= 0.3 is 17.9 Å². The van der Waals surface area contributed by atoms with E-state index >= 15 is 0 Å². The maximum atomic E-state index is 12.8. The van der Waals surface area contributed by atoms with Gasteiger partial charge in [0.15, 0.2) is 6.10 Å². The molecule has 374 valence electrons. The maximum absolute atomic E-state index is 12.8. The van der Waals surface area contributed by atoms with E-state index in [9.17, 15) is 14.4 Å². The minimum atomic E-state index is -0.760. The molecule has 0 aliphatic rings. The second-order valence-corrected chi connectivity index (χ2v) is 19.6. The standard InChI is InChI=1S/C57H110O6/c1-4-7-10-13-16-19-22-25-27-28-30-33-35-38-41-44-47-50-56(59)62-53-54(63-57(60)51-48-45-42-39-36-31-24-21-18-15-12-9-6-3)52-61-55(58)49-46-43-40-37-34-32-29-26-23-20-17-14-11-8-5-2/h54H,4-53H2,1-3H3/t54-/m1/s1. The summed E-state index contributed by atoms with van der Waals surface area (Å²) in [6.07, 6.45) is 58.0. The van der Waals surface area contributed by atoms with Crippen LogP contribution >= 0.6 is 0 Å². The van der Waals surface area contributed by atoms with Crippen LogP contribution in [0.2, 0.25) is 0 Å². The zero-order valence-electron chi connectivity index (χ0n) is 42.9. The summed E-state index contributed by atoms with van der Waals surface area (Å²) in [7, 11) is 0. The first kappa shape index (κ1) is 61.4. The van der Waals surface area contributed by atoms with E-state index in [1.54, 1.807) is 0 Å². The van der Waals surface area contributed by atoms with Crippen molar-refractivity contribution in [3.05, 3.63) is 0 Å². The largest absolute Gasteiger partial charge is 0.462 e. The van der Waals surface area contributed by atoms with Crippen LogP contribution in [0.25, 0.3) is 0 Å². The zero-order valence-corrected chi connectivity index (χ0v) is 42.9. The molecule has 0 radical (unpaired) electrons. The molecular weight excluding hydrogens is 781 g/mol. The second-order valence-electron chi connectivity index (χ2n) is 19.6. The summed E-state index contributed by atoms with van der Waals surface area (Å²) >= 11 is 0. The third kappa shape index (κ3) is 51.3. The Bertz CT molecular complexity index is 936. The van der Waals surface area contributed by atoms with Gasteiger partial charge in [-0.1, -0.05) is 290 Å². The summed E-state index contributed by atoms with van der Waals surface area (Å²) < 4.78 is 16.9. The average Bonchev–Trinajstić information content (AvgIpc) is 3.28. The van der Waals surface area contributed by atoms with E-state index in [4.69, 9.17) is 14.2 Å². The van der Waals surface area contributed by atoms with Crippen molar-refractivity contribution >= 4 is 17.9 Å². The van der Waals surface area contributed by atoms with Gasteiger partial charge in [-0.25, -0.2) is 0 Å². The fourth-order valence-electron chi connectivity index (χ4n) is 8.80. The van der Waals surface area contributed by atoms with Crippen LogP contribution in [0.3, 0.4) is 0 Å². The minimum absolute atomic E-state index is 0.0611. The molecule has 0 N–H and O–H groups in total. The Labute approximate surface area is 393 Å². The van der Waals surface area contributed by atoms with Gasteiger partial charge in [-0.3, -0.25) is 14.4 Å². The number of esters is 3. The van der Waals surface area contributed by atoms with Gasteiger partial charge in [0.05, 0.1) is 0 Å². The Kier molecular flexibility index (Phi) is 51.7. The molecule has 0 fully saturated rings. The highest BCUT2D eigenvalue weighted by Gasteiger charge is 2.19. The summed E-state index contributed by atoms with van der Waals surface area (Å²) in [5, 5.41) is 0. The fourth-order valence-corrected chi connectivity index (χ4v) is 8.80. The van der Waals surface area contributed by atoms with Gasteiger partial charge in [-0.2, -0.15) is 0 Å². The molecule has 6 heteroatoms. The van der Waals surface area contributed by atoms with Gasteiger partial charge in [-0.15, -0.1) is 0 Å². The summed E-state index contributed by atoms with van der Waals surface area (Å²) in [5.74, 6) is -0.833. The summed E-state index contributed by atoms with van der Waals surface area (Å²) in [6.45, 7) is 6.70. The smallest absolute Gasteiger partial charge is 0.306 e. The second kappa shape index (κ2) is 53.0. The van der Waals surface area contributed by atoms with Crippen LogP contribution in [0.4, 0.5) is 0 Å². The van der Waals surface area contributed by atoms with Crippen molar-refractivity contribution < 1.29 is 28.6 Å². The molecule has 0 aliphatic heterocycles. The summed E-state index contributed by atoms with van der Waals surface area (Å²) in [4.78, 5) is 38.1. The number of carbonyl (C=O) groups is 3. The van der Waals surface area contributed by atoms with Gasteiger partial charge in [0.25, 0.3) is 0 Å². The fraction of sp³-hybridized carbons (Fsp3) is 0.947. The van der Waals surface area contributed by atoms with E-state index in [2.05, 4.69) is 20.8 Å². The third-order valence-corrected chi connectivity index (χ3v) is 13.1. The minimum Gasteiger partial charge on any atom is -0.462 e. The van der Waals surface area contributed by atoms with Gasteiger partial charge in [-0.05, 0) is 19.3 Å². The lowest BCUT2D eigenvalue weighted by atomic mass is 10.0. The average molecular weight is 892 g/mol. The number of ether oxygens (including phenoxy) is 3. The van der Waals surface area contributed by atoms with Gasteiger partial charge in [0, 0.05) is 19.3 Å². The molecule has 0 aliphatic carbocycles. The Morgan fingerprint density at radius 2 is 0.429 bits per heavy atom. The first-order valence-electron chi connectivity index (χ1n) is 28.5. The van der Waals surface area contributed by atoms with Crippen molar-refractivity contribution in [3.8, 4) is 0 Å². The van der Waals surface area contributed by atoms with Gasteiger partial charge < -0.3 is 14.2 Å². The molecule has 0 saturated carbocycles. The van der Waals surface area contributed by atoms with E-state index in [0.717, 1.165) is 57.8 Å². The molecule has 0 saturated heterocycles. The third-order valence-electron chi connectivity index (χ3n) is 13.1. The van der Waals surface area contributed by atoms with Crippen LogP contribution < -0.4 is 0 Å². The first-order chi connectivity index (χ1) is 31.0. The molecule has 0 spiro atoms. The highest BCUT2D eigenvalue weighted by atomic mass is 16.6. The molecule has 0 aromatic heterocycles. The highest BCUT2D eigenvalue weighted by Crippen LogP contribution is 2.17. The molecule has 0 aromatic carbocycles. The van der Waals surface area contributed by atoms with Crippen molar-refractivity contribution in [2.75, 3.05) is 13.2 Å². The molecular formula is C57H110O6. The number of hydrogen-bond donors (Lipinski definition) is 0. The quantitative estimate of drug-likeness (QED) is 0.0344. The van der Waals surface area contributed by atoms with Crippen molar-refractivity contribution in [1.29, 1.82) is 0 Å². The Hall–Kier alpha value is -1.59. The predicted octanol–water partition coefficient (Wildman–Crippen LogP) is 18.8. The molecule has 0 unspecified atom stereocenters. The topological polar surface area (TPSA) is 78.9 Å². The first-order valence-corrected chi connectivity index (χ1v) is 28.5. The van der Waals surface area contributed by atoms with Crippen molar-refractivity contribution in [2.45, 2.75) is 335 Å². The molecule has 6 nitrogen and oxygen atoms in total. The van der Waals surface area contributed by atoms with Gasteiger partial charge in [0.1, 0.15) is 13.2 Å². The van der Waals surface area contributed by atoms with E-state index in [1.807, 2.05) is 0 Å². The number of carbonyl (C=O) groups excluding carboxylic acids is 3. The monoisotopic (exact) mass is 891 g/mol. The summed E-state index contributed by atoms with van der Waals surface area (Å²) in [5.41, 5.74) is 0. The predicted molar refractivity (Wildman–Crippen MR) is 270 cm³/mol.